The van der Waals surface area contributed by atoms with Crippen molar-refractivity contribution in [2.24, 2.45) is 0 Å². The molecule has 1 fully saturated rings. The molecule has 2 aromatic heterocycles. The Labute approximate surface area is 94.4 Å². The topological polar surface area (TPSA) is 42.7 Å². The molecule has 1 saturated carbocycles. The predicted octanol–water partition coefficient (Wildman–Crippen LogP) is 2.23. The molecule has 0 aromatic carbocycles. The first-order valence-corrected chi connectivity index (χ1v) is 5.59. The standard InChI is InChI=1S/C12H14N4/c1-2-11(1)16-8-7-14-12(16)15-9-10-3-5-13-6-4-10/h3-8,11H,1-2,9H2,(H,14,15). The molecule has 0 amide bonds. The third-order valence-electron chi connectivity index (χ3n) is 2.81. The first-order chi connectivity index (χ1) is 7.93. The lowest BCUT2D eigenvalue weighted by Crippen LogP contribution is -2.06. The van der Waals surface area contributed by atoms with Crippen LogP contribution in [0.15, 0.2) is 36.9 Å². The maximum Gasteiger partial charge on any atom is 0.203 e. The normalized spacial score (nSPS) is 15.0. The molecule has 1 aliphatic carbocycles. The fourth-order valence-electron chi connectivity index (χ4n) is 1.78. The highest BCUT2D eigenvalue weighted by Gasteiger charge is 2.25. The molecule has 1 aliphatic rings. The van der Waals surface area contributed by atoms with E-state index in [-0.39, 0.29) is 0 Å². The molecule has 16 heavy (non-hydrogen) atoms. The Bertz CT molecular complexity index is 459. The minimum Gasteiger partial charge on any atom is -0.352 e. The number of aromatic nitrogens is 3. The van der Waals surface area contributed by atoms with Gasteiger partial charge in [0.15, 0.2) is 0 Å². The highest BCUT2D eigenvalue weighted by atomic mass is 15.2. The molecular weight excluding hydrogens is 200 g/mol. The van der Waals surface area contributed by atoms with Gasteiger partial charge in [0.25, 0.3) is 0 Å². The lowest BCUT2D eigenvalue weighted by Gasteiger charge is -2.08. The minimum atomic E-state index is 0.669. The quantitative estimate of drug-likeness (QED) is 0.848. The number of pyridine rings is 1. The lowest BCUT2D eigenvalue weighted by atomic mass is 10.3. The zero-order chi connectivity index (χ0) is 10.8. The lowest BCUT2D eigenvalue weighted by molar-refractivity contribution is 0.743. The summed E-state index contributed by atoms with van der Waals surface area (Å²) in [4.78, 5) is 8.33. The highest BCUT2D eigenvalue weighted by molar-refractivity contribution is 5.29. The van der Waals surface area contributed by atoms with Gasteiger partial charge in [-0.3, -0.25) is 4.98 Å². The molecule has 0 unspecified atom stereocenters. The summed E-state index contributed by atoms with van der Waals surface area (Å²) in [6.45, 7) is 0.798. The van der Waals surface area contributed by atoms with Gasteiger partial charge >= 0.3 is 0 Å². The molecule has 2 heterocycles. The second-order valence-electron chi connectivity index (χ2n) is 4.10. The van der Waals surface area contributed by atoms with Crippen LogP contribution in [0.3, 0.4) is 0 Å². The minimum absolute atomic E-state index is 0.669. The second-order valence-corrected chi connectivity index (χ2v) is 4.10. The van der Waals surface area contributed by atoms with Crippen molar-refractivity contribution < 1.29 is 0 Å². The van der Waals surface area contributed by atoms with Crippen LogP contribution >= 0.6 is 0 Å². The zero-order valence-electron chi connectivity index (χ0n) is 9.00. The van der Waals surface area contributed by atoms with E-state index in [9.17, 15) is 0 Å². The van der Waals surface area contributed by atoms with Gasteiger partial charge in [0, 0.05) is 37.4 Å². The van der Waals surface area contributed by atoms with Gasteiger partial charge in [0.05, 0.1) is 0 Å². The maximum absolute atomic E-state index is 4.33. The predicted molar refractivity (Wildman–Crippen MR) is 62.1 cm³/mol. The van der Waals surface area contributed by atoms with E-state index in [1.54, 1.807) is 0 Å². The van der Waals surface area contributed by atoms with Crippen molar-refractivity contribution in [3.8, 4) is 0 Å². The summed E-state index contributed by atoms with van der Waals surface area (Å²) in [5.74, 6) is 0.972. The summed E-state index contributed by atoms with van der Waals surface area (Å²) in [7, 11) is 0. The molecule has 2 aromatic rings. The van der Waals surface area contributed by atoms with Gasteiger partial charge in [0.2, 0.25) is 5.95 Å². The van der Waals surface area contributed by atoms with E-state index in [0.29, 0.717) is 6.04 Å². The van der Waals surface area contributed by atoms with Gasteiger partial charge in [-0.1, -0.05) is 0 Å². The Morgan fingerprint density at radius 2 is 2.06 bits per heavy atom. The summed E-state index contributed by atoms with van der Waals surface area (Å²) < 4.78 is 2.22. The van der Waals surface area contributed by atoms with Crippen LogP contribution in [0, 0.1) is 0 Å². The molecule has 0 radical (unpaired) electrons. The highest BCUT2D eigenvalue weighted by Crippen LogP contribution is 2.36. The van der Waals surface area contributed by atoms with Crippen molar-refractivity contribution in [1.29, 1.82) is 0 Å². The van der Waals surface area contributed by atoms with Crippen molar-refractivity contribution >= 4 is 5.95 Å². The van der Waals surface area contributed by atoms with Crippen molar-refractivity contribution in [3.05, 3.63) is 42.5 Å². The van der Waals surface area contributed by atoms with E-state index in [0.717, 1.165) is 12.5 Å². The Morgan fingerprint density at radius 3 is 2.81 bits per heavy atom. The zero-order valence-corrected chi connectivity index (χ0v) is 9.00. The van der Waals surface area contributed by atoms with Crippen LogP contribution in [0.2, 0.25) is 0 Å². The SMILES string of the molecule is c1cc(CNc2nccn2C2CC2)ccn1. The number of hydrogen-bond donors (Lipinski definition) is 1. The van der Waals surface area contributed by atoms with Gasteiger partial charge in [-0.05, 0) is 30.5 Å². The Kier molecular flexibility index (Phi) is 2.33. The Balaban J connectivity index is 1.68. The molecule has 0 saturated heterocycles. The van der Waals surface area contributed by atoms with Crippen molar-refractivity contribution in [2.45, 2.75) is 25.4 Å². The summed E-state index contributed by atoms with van der Waals surface area (Å²) >= 11 is 0. The largest absolute Gasteiger partial charge is 0.352 e. The number of nitrogens with zero attached hydrogens (tertiary/aromatic N) is 3. The van der Waals surface area contributed by atoms with E-state index in [1.165, 1.54) is 18.4 Å². The molecule has 0 bridgehead atoms. The average molecular weight is 214 g/mol. The summed E-state index contributed by atoms with van der Waals surface area (Å²) in [5, 5.41) is 3.35. The van der Waals surface area contributed by atoms with Crippen LogP contribution in [0.1, 0.15) is 24.4 Å². The third kappa shape index (κ3) is 1.91. The molecule has 3 rings (SSSR count). The number of hydrogen-bond acceptors (Lipinski definition) is 3. The second kappa shape index (κ2) is 3.96. The molecular formula is C12H14N4. The van der Waals surface area contributed by atoms with Crippen LogP contribution in [0.4, 0.5) is 5.95 Å². The van der Waals surface area contributed by atoms with Crippen LogP contribution in [0.25, 0.3) is 0 Å². The van der Waals surface area contributed by atoms with E-state index in [1.807, 2.05) is 36.9 Å². The fraction of sp³-hybridized carbons (Fsp3) is 0.333. The summed E-state index contributed by atoms with van der Waals surface area (Å²) in [5.41, 5.74) is 1.22. The molecule has 82 valence electrons. The molecule has 0 atom stereocenters. The number of nitrogens with one attached hydrogen (secondary N) is 1. The Hall–Kier alpha value is -1.84. The van der Waals surface area contributed by atoms with Gasteiger partial charge < -0.3 is 9.88 Å². The molecule has 1 N–H and O–H groups in total. The third-order valence-corrected chi connectivity index (χ3v) is 2.81. The molecule has 4 heteroatoms. The molecule has 0 spiro atoms. The first kappa shape index (κ1) is 9.39. The monoisotopic (exact) mass is 214 g/mol. The summed E-state index contributed by atoms with van der Waals surface area (Å²) in [6.07, 6.45) is 10.1. The van der Waals surface area contributed by atoms with Crippen molar-refractivity contribution in [3.63, 3.8) is 0 Å². The van der Waals surface area contributed by atoms with Crippen molar-refractivity contribution in [2.75, 3.05) is 5.32 Å². The van der Waals surface area contributed by atoms with Crippen LogP contribution in [-0.4, -0.2) is 14.5 Å². The van der Waals surface area contributed by atoms with Gasteiger partial charge in [-0.25, -0.2) is 4.98 Å². The van der Waals surface area contributed by atoms with Gasteiger partial charge in [0.1, 0.15) is 0 Å². The van der Waals surface area contributed by atoms with Crippen molar-refractivity contribution in [1.82, 2.24) is 14.5 Å². The van der Waals surface area contributed by atoms with Gasteiger partial charge in [-0.2, -0.15) is 0 Å². The van der Waals surface area contributed by atoms with Gasteiger partial charge in [-0.15, -0.1) is 0 Å². The number of imidazole rings is 1. The summed E-state index contributed by atoms with van der Waals surface area (Å²) in [6, 6.07) is 4.69. The smallest absolute Gasteiger partial charge is 0.203 e. The average Bonchev–Trinajstić information content (AvgIpc) is 3.07. The fourth-order valence-corrected chi connectivity index (χ4v) is 1.78. The maximum atomic E-state index is 4.33. The van der Waals surface area contributed by atoms with Crippen LogP contribution in [0.5, 0.6) is 0 Å². The number of rotatable bonds is 4. The van der Waals surface area contributed by atoms with E-state index in [4.69, 9.17) is 0 Å². The van der Waals surface area contributed by atoms with Crippen LogP contribution < -0.4 is 5.32 Å². The van der Waals surface area contributed by atoms with Crippen LogP contribution in [-0.2, 0) is 6.54 Å². The number of anilines is 1. The molecule has 0 aliphatic heterocycles. The first-order valence-electron chi connectivity index (χ1n) is 5.59. The van der Waals surface area contributed by atoms with E-state index < -0.39 is 0 Å². The van der Waals surface area contributed by atoms with E-state index in [2.05, 4.69) is 19.9 Å². The Morgan fingerprint density at radius 1 is 1.25 bits per heavy atom. The molecule has 4 nitrogen and oxygen atoms in total. The van der Waals surface area contributed by atoms with E-state index >= 15 is 0 Å².